The number of amides is 2. The van der Waals surface area contributed by atoms with E-state index in [0.29, 0.717) is 0 Å². The van der Waals surface area contributed by atoms with E-state index in [1.807, 2.05) is 5.32 Å². The molecule has 0 aliphatic carbocycles. The zero-order valence-corrected chi connectivity index (χ0v) is 18.9. The zero-order valence-electron chi connectivity index (χ0n) is 18.9. The molecular formula is C23H20F2N4O7. The van der Waals surface area contributed by atoms with Crippen molar-refractivity contribution in [3.8, 4) is 11.5 Å². The van der Waals surface area contributed by atoms with Gasteiger partial charge in [0.1, 0.15) is 46.1 Å². The van der Waals surface area contributed by atoms with Gasteiger partial charge in [0.05, 0.1) is 14.2 Å². The number of hydrogen-bond acceptors (Lipinski definition) is 7. The number of hydrogen-bond donors (Lipinski definition) is 4. The van der Waals surface area contributed by atoms with Gasteiger partial charge in [-0.05, 0) is 24.3 Å². The maximum Gasteiger partial charge on any atom is 0.346 e. The van der Waals surface area contributed by atoms with Crippen LogP contribution in [0.1, 0.15) is 26.3 Å². The maximum atomic E-state index is 14.0. The molecule has 1 atom stereocenters. The summed E-state index contributed by atoms with van der Waals surface area (Å²) in [5, 5.41) is 14.0. The van der Waals surface area contributed by atoms with Gasteiger partial charge in [0.15, 0.2) is 0 Å². The van der Waals surface area contributed by atoms with Crippen molar-refractivity contribution in [2.24, 2.45) is 0 Å². The second-order valence-corrected chi connectivity index (χ2v) is 7.24. The van der Waals surface area contributed by atoms with Crippen LogP contribution in [0.5, 0.6) is 11.5 Å². The average molecular weight is 502 g/mol. The van der Waals surface area contributed by atoms with Crippen LogP contribution in [0.15, 0.2) is 47.4 Å². The molecule has 1 unspecified atom stereocenters. The van der Waals surface area contributed by atoms with E-state index >= 15 is 0 Å². The molecular weight excluding hydrogens is 482 g/mol. The summed E-state index contributed by atoms with van der Waals surface area (Å²) < 4.78 is 38.3. The third-order valence-corrected chi connectivity index (χ3v) is 4.99. The third kappa shape index (κ3) is 5.63. The number of carboxylic acid groups (broad SMARTS) is 1. The number of aromatic nitrogens is 2. The number of aliphatic carboxylic acids is 1. The Bertz CT molecular complexity index is 1330. The van der Waals surface area contributed by atoms with Crippen LogP contribution in [-0.2, 0) is 11.2 Å². The van der Waals surface area contributed by atoms with Crippen molar-refractivity contribution in [1.29, 1.82) is 0 Å². The van der Waals surface area contributed by atoms with Gasteiger partial charge in [0, 0.05) is 18.2 Å². The first-order valence-corrected chi connectivity index (χ1v) is 10.2. The van der Waals surface area contributed by atoms with Crippen molar-refractivity contribution < 1.29 is 37.7 Å². The number of carboxylic acids is 1. The topological polar surface area (TPSA) is 160 Å². The van der Waals surface area contributed by atoms with E-state index in [0.717, 1.165) is 24.4 Å². The number of benzene rings is 2. The molecule has 3 rings (SSSR count). The van der Waals surface area contributed by atoms with Gasteiger partial charge in [0.2, 0.25) is 0 Å². The van der Waals surface area contributed by atoms with Crippen LogP contribution in [0.2, 0.25) is 0 Å². The van der Waals surface area contributed by atoms with E-state index in [4.69, 9.17) is 9.47 Å². The Labute approximate surface area is 202 Å². The van der Waals surface area contributed by atoms with Gasteiger partial charge >= 0.3 is 11.7 Å². The normalized spacial score (nSPS) is 11.3. The smallest absolute Gasteiger partial charge is 0.346 e. The largest absolute Gasteiger partial charge is 0.496 e. The Morgan fingerprint density at radius 1 is 1.00 bits per heavy atom. The lowest BCUT2D eigenvalue weighted by molar-refractivity contribution is -0.139. The molecule has 0 spiro atoms. The lowest BCUT2D eigenvalue weighted by atomic mass is 10.1. The first-order chi connectivity index (χ1) is 17.2. The van der Waals surface area contributed by atoms with Gasteiger partial charge in [-0.2, -0.15) is 4.98 Å². The second-order valence-electron chi connectivity index (χ2n) is 7.24. The summed E-state index contributed by atoms with van der Waals surface area (Å²) in [5.41, 5.74) is -1.84. The summed E-state index contributed by atoms with van der Waals surface area (Å²) >= 11 is 0. The predicted molar refractivity (Wildman–Crippen MR) is 121 cm³/mol. The van der Waals surface area contributed by atoms with Crippen LogP contribution >= 0.6 is 0 Å². The molecule has 0 bridgehead atoms. The summed E-state index contributed by atoms with van der Waals surface area (Å²) in [4.78, 5) is 55.0. The minimum absolute atomic E-state index is 0.00137. The number of halogens is 2. The highest BCUT2D eigenvalue weighted by Crippen LogP contribution is 2.29. The van der Waals surface area contributed by atoms with Gasteiger partial charge in [-0.3, -0.25) is 9.59 Å². The number of aromatic amines is 1. The van der Waals surface area contributed by atoms with Crippen molar-refractivity contribution >= 4 is 23.6 Å². The van der Waals surface area contributed by atoms with Gasteiger partial charge in [0.25, 0.3) is 11.8 Å². The fourth-order valence-corrected chi connectivity index (χ4v) is 3.30. The first-order valence-electron chi connectivity index (χ1n) is 10.2. The Morgan fingerprint density at radius 2 is 1.58 bits per heavy atom. The Morgan fingerprint density at radius 3 is 2.14 bits per heavy atom. The summed E-state index contributed by atoms with van der Waals surface area (Å²) in [6.45, 7) is 0. The highest BCUT2D eigenvalue weighted by molar-refractivity contribution is 6.08. The summed E-state index contributed by atoms with van der Waals surface area (Å²) in [6.07, 6.45) is 0.579. The summed E-state index contributed by atoms with van der Waals surface area (Å²) in [5.74, 6) is -6.00. The number of carbonyl (C=O) groups is 3. The minimum atomic E-state index is -1.71. The standard InChI is InChI=1S/C23H20F2N4O7/c1-35-15-7-4-8-16(36-2)18(15)21(31)28-19-11(10-26-23(34)29-19)9-14(22(32)33)27-20(30)17-12(24)5-3-6-13(17)25/h3-8,10,14H,9H2,1-2H3,(H,27,30)(H,32,33)(H2,26,28,29,31,34). The van der Waals surface area contributed by atoms with E-state index in [9.17, 15) is 33.1 Å². The molecule has 36 heavy (non-hydrogen) atoms. The van der Waals surface area contributed by atoms with Crippen LogP contribution in [0, 0.1) is 11.6 Å². The molecule has 3 aromatic rings. The number of nitrogens with one attached hydrogen (secondary N) is 3. The van der Waals surface area contributed by atoms with Gasteiger partial charge in [-0.15, -0.1) is 0 Å². The molecule has 0 saturated heterocycles. The Balaban J connectivity index is 1.91. The van der Waals surface area contributed by atoms with E-state index in [1.165, 1.54) is 26.4 Å². The van der Waals surface area contributed by atoms with Crippen molar-refractivity contribution in [3.05, 3.63) is 81.4 Å². The molecule has 188 valence electrons. The first kappa shape index (κ1) is 25.8. The molecule has 1 heterocycles. The monoisotopic (exact) mass is 502 g/mol. The fraction of sp³-hybridized carbons (Fsp3) is 0.174. The van der Waals surface area contributed by atoms with Crippen molar-refractivity contribution in [1.82, 2.24) is 15.3 Å². The Kier molecular flexibility index (Phi) is 7.94. The number of ether oxygens (including phenoxy) is 2. The molecule has 0 radical (unpaired) electrons. The molecule has 13 heteroatoms. The molecule has 1 aromatic heterocycles. The number of anilines is 1. The molecule has 0 fully saturated rings. The number of methoxy groups -OCH3 is 2. The number of carbonyl (C=O) groups excluding carboxylic acids is 2. The quantitative estimate of drug-likeness (QED) is 0.344. The average Bonchev–Trinajstić information content (AvgIpc) is 2.84. The van der Waals surface area contributed by atoms with Gasteiger partial charge < -0.3 is 30.2 Å². The van der Waals surface area contributed by atoms with Crippen LogP contribution < -0.4 is 25.8 Å². The maximum absolute atomic E-state index is 14.0. The number of H-pyrrole nitrogens is 1. The molecule has 11 nitrogen and oxygen atoms in total. The summed E-state index contributed by atoms with van der Waals surface area (Å²) in [6, 6.07) is 5.62. The molecule has 0 saturated carbocycles. The zero-order chi connectivity index (χ0) is 26.4. The van der Waals surface area contributed by atoms with Gasteiger partial charge in [-0.1, -0.05) is 12.1 Å². The SMILES string of the molecule is COc1cccc(OC)c1C(=O)Nc1nc(=O)[nH]cc1CC(NC(=O)c1c(F)cccc1F)C(=O)O. The lowest BCUT2D eigenvalue weighted by Gasteiger charge is -2.17. The van der Waals surface area contributed by atoms with Crippen LogP contribution in [0.4, 0.5) is 14.6 Å². The van der Waals surface area contributed by atoms with Crippen LogP contribution in [-0.4, -0.2) is 53.1 Å². The summed E-state index contributed by atoms with van der Waals surface area (Å²) in [7, 11) is 2.67. The molecule has 0 aliphatic rings. The van der Waals surface area contributed by atoms with Crippen LogP contribution in [0.25, 0.3) is 0 Å². The second kappa shape index (κ2) is 11.1. The third-order valence-electron chi connectivity index (χ3n) is 4.99. The van der Waals surface area contributed by atoms with E-state index < -0.39 is 53.1 Å². The van der Waals surface area contributed by atoms with E-state index in [-0.39, 0.29) is 28.4 Å². The van der Waals surface area contributed by atoms with Gasteiger partial charge in [-0.25, -0.2) is 18.4 Å². The van der Waals surface area contributed by atoms with Crippen LogP contribution in [0.3, 0.4) is 0 Å². The van der Waals surface area contributed by atoms with Crippen molar-refractivity contribution in [2.75, 3.05) is 19.5 Å². The van der Waals surface area contributed by atoms with E-state index in [1.54, 1.807) is 6.07 Å². The lowest BCUT2D eigenvalue weighted by Crippen LogP contribution is -2.43. The van der Waals surface area contributed by atoms with Crippen molar-refractivity contribution in [2.45, 2.75) is 12.5 Å². The van der Waals surface area contributed by atoms with Crippen molar-refractivity contribution in [3.63, 3.8) is 0 Å². The fourth-order valence-electron chi connectivity index (χ4n) is 3.30. The highest BCUT2D eigenvalue weighted by atomic mass is 19.1. The molecule has 2 amide bonds. The molecule has 2 aromatic carbocycles. The Hall–Kier alpha value is -4.81. The highest BCUT2D eigenvalue weighted by Gasteiger charge is 2.27. The molecule has 4 N–H and O–H groups in total. The number of rotatable bonds is 9. The molecule has 0 aliphatic heterocycles. The minimum Gasteiger partial charge on any atom is -0.496 e. The van der Waals surface area contributed by atoms with E-state index in [2.05, 4.69) is 15.3 Å². The number of nitrogens with zero attached hydrogens (tertiary/aromatic N) is 1. The predicted octanol–water partition coefficient (Wildman–Crippen LogP) is 1.74.